The molecule has 0 aliphatic carbocycles. The summed E-state index contributed by atoms with van der Waals surface area (Å²) in [6.07, 6.45) is -1.03. The lowest BCUT2D eigenvalue weighted by molar-refractivity contribution is -0.0499. The van der Waals surface area contributed by atoms with Gasteiger partial charge in [-0.15, -0.1) is 0 Å². The Bertz CT molecular complexity index is 394. The second-order valence-electron chi connectivity index (χ2n) is 2.88. The molecule has 0 spiro atoms. The predicted molar refractivity (Wildman–Crippen MR) is 52.0 cm³/mol. The Hall–Kier alpha value is -1.85. The summed E-state index contributed by atoms with van der Waals surface area (Å²) in [7, 11) is 0. The van der Waals surface area contributed by atoms with Crippen LogP contribution in [0.15, 0.2) is 29.4 Å². The molecule has 1 aromatic carbocycles. The van der Waals surface area contributed by atoms with E-state index in [1.54, 1.807) is 0 Å². The quantitative estimate of drug-likeness (QED) is 0.478. The molecule has 1 aromatic rings. The fraction of sp³-hybridized carbons (Fsp3) is 0.333. The van der Waals surface area contributed by atoms with Crippen LogP contribution in [-0.2, 0) is 0 Å². The number of azide groups is 1. The third kappa shape index (κ3) is 3.72. The maximum atomic E-state index is 11.9. The first-order chi connectivity index (χ1) is 7.63. The van der Waals surface area contributed by atoms with Gasteiger partial charge in [0.1, 0.15) is 5.75 Å². The van der Waals surface area contributed by atoms with Gasteiger partial charge in [-0.1, -0.05) is 17.2 Å². The molecule has 0 saturated carbocycles. The average Bonchev–Trinajstić information content (AvgIpc) is 2.25. The van der Waals surface area contributed by atoms with Crippen molar-refractivity contribution in [1.29, 1.82) is 0 Å². The Morgan fingerprint density at radius 2 is 2.25 bits per heavy atom. The summed E-state index contributed by atoms with van der Waals surface area (Å²) >= 11 is 0. The maximum absolute atomic E-state index is 11.9. The number of aliphatic hydroxyl groups is 1. The predicted octanol–water partition coefficient (Wildman–Crippen LogP) is 2.63. The van der Waals surface area contributed by atoms with E-state index in [-0.39, 0.29) is 12.3 Å². The number of hydrogen-bond acceptors (Lipinski definition) is 3. The van der Waals surface area contributed by atoms with Crippen molar-refractivity contribution in [3.05, 3.63) is 40.3 Å². The number of aliphatic hydroxyl groups excluding tert-OH is 1. The molecule has 0 aromatic heterocycles. The summed E-state index contributed by atoms with van der Waals surface area (Å²) in [4.78, 5) is 2.49. The van der Waals surface area contributed by atoms with E-state index in [1.165, 1.54) is 24.3 Å². The molecular formula is C9H9F2N3O2. The molecule has 16 heavy (non-hydrogen) atoms. The van der Waals surface area contributed by atoms with Crippen molar-refractivity contribution in [2.75, 3.05) is 6.54 Å². The highest BCUT2D eigenvalue weighted by Gasteiger charge is 2.09. The molecule has 0 saturated heterocycles. The Kier molecular flexibility index (Phi) is 4.50. The van der Waals surface area contributed by atoms with E-state index in [4.69, 9.17) is 5.53 Å². The van der Waals surface area contributed by atoms with Crippen LogP contribution < -0.4 is 4.74 Å². The van der Waals surface area contributed by atoms with Gasteiger partial charge < -0.3 is 9.84 Å². The number of rotatable bonds is 5. The summed E-state index contributed by atoms with van der Waals surface area (Å²) in [5.74, 6) is -0.0486. The van der Waals surface area contributed by atoms with Crippen molar-refractivity contribution in [1.82, 2.24) is 0 Å². The van der Waals surface area contributed by atoms with Crippen LogP contribution in [0, 0.1) is 0 Å². The molecule has 1 atom stereocenters. The molecule has 0 bridgehead atoms. The van der Waals surface area contributed by atoms with Crippen molar-refractivity contribution < 1.29 is 18.6 Å². The highest BCUT2D eigenvalue weighted by molar-refractivity contribution is 5.30. The number of halogens is 2. The van der Waals surface area contributed by atoms with Crippen molar-refractivity contribution in [2.45, 2.75) is 12.7 Å². The summed E-state index contributed by atoms with van der Waals surface area (Å²) in [5, 5.41) is 12.7. The molecule has 1 rings (SSSR count). The minimum absolute atomic E-state index is 0.0486. The molecule has 5 nitrogen and oxygen atoms in total. The molecule has 86 valence electrons. The number of nitrogens with zero attached hydrogens (tertiary/aromatic N) is 3. The summed E-state index contributed by atoms with van der Waals surface area (Å²) in [5.41, 5.74) is 8.41. The Morgan fingerprint density at radius 1 is 1.50 bits per heavy atom. The van der Waals surface area contributed by atoms with E-state index in [0.29, 0.717) is 5.56 Å². The van der Waals surface area contributed by atoms with E-state index >= 15 is 0 Å². The zero-order chi connectivity index (χ0) is 12.0. The molecule has 0 aliphatic rings. The van der Waals surface area contributed by atoms with Crippen molar-refractivity contribution >= 4 is 0 Å². The summed E-state index contributed by atoms with van der Waals surface area (Å²) in [6.45, 7) is -3.07. The van der Waals surface area contributed by atoms with E-state index in [2.05, 4.69) is 14.8 Å². The lowest BCUT2D eigenvalue weighted by Crippen LogP contribution is -2.04. The molecule has 0 heterocycles. The van der Waals surface area contributed by atoms with Gasteiger partial charge in [-0.25, -0.2) is 0 Å². The second-order valence-corrected chi connectivity index (χ2v) is 2.88. The number of benzene rings is 1. The van der Waals surface area contributed by atoms with E-state index < -0.39 is 12.7 Å². The molecule has 1 N–H and O–H groups in total. The minimum atomic E-state index is -2.91. The number of ether oxygens (including phenoxy) is 1. The molecule has 0 fully saturated rings. The molecule has 0 unspecified atom stereocenters. The topological polar surface area (TPSA) is 78.2 Å². The van der Waals surface area contributed by atoms with Gasteiger partial charge in [-0.2, -0.15) is 8.78 Å². The van der Waals surface area contributed by atoms with Gasteiger partial charge in [0.2, 0.25) is 0 Å². The van der Waals surface area contributed by atoms with Crippen LogP contribution in [0.25, 0.3) is 10.4 Å². The minimum Gasteiger partial charge on any atom is -0.435 e. The smallest absolute Gasteiger partial charge is 0.387 e. The number of alkyl halides is 2. The first kappa shape index (κ1) is 12.2. The molecule has 7 heteroatoms. The lowest BCUT2D eigenvalue weighted by atomic mass is 10.1. The highest BCUT2D eigenvalue weighted by Crippen LogP contribution is 2.20. The molecule has 0 radical (unpaired) electrons. The second kappa shape index (κ2) is 5.89. The molecule has 0 amide bonds. The van der Waals surface area contributed by atoms with Gasteiger partial charge in [0, 0.05) is 4.91 Å². The van der Waals surface area contributed by atoms with Crippen LogP contribution in [0.5, 0.6) is 5.75 Å². The fourth-order valence-electron chi connectivity index (χ4n) is 1.12. The Labute approximate surface area is 89.9 Å². The Morgan fingerprint density at radius 3 is 2.88 bits per heavy atom. The van der Waals surface area contributed by atoms with Gasteiger partial charge in [0.05, 0.1) is 12.6 Å². The van der Waals surface area contributed by atoms with Crippen molar-refractivity contribution in [3.8, 4) is 5.75 Å². The maximum Gasteiger partial charge on any atom is 0.387 e. The van der Waals surface area contributed by atoms with Crippen LogP contribution in [0.3, 0.4) is 0 Å². The molecule has 0 aliphatic heterocycles. The first-order valence-corrected chi connectivity index (χ1v) is 4.37. The van der Waals surface area contributed by atoms with Crippen molar-refractivity contribution in [3.63, 3.8) is 0 Å². The third-order valence-corrected chi connectivity index (χ3v) is 1.79. The van der Waals surface area contributed by atoms with Crippen LogP contribution in [0.4, 0.5) is 8.78 Å². The SMILES string of the molecule is [N-]=[N+]=NC[C@@H](O)c1cccc(OC(F)F)c1. The standard InChI is InChI=1S/C9H9F2N3O2/c10-9(11)16-7-3-1-2-6(4-7)8(15)5-13-14-12/h1-4,8-9,15H,5H2/t8-/m1/s1. The largest absolute Gasteiger partial charge is 0.435 e. The summed E-state index contributed by atoms with van der Waals surface area (Å²) < 4.78 is 28.0. The van der Waals surface area contributed by atoms with Crippen LogP contribution in [0.2, 0.25) is 0 Å². The van der Waals surface area contributed by atoms with Gasteiger partial charge in [0.25, 0.3) is 0 Å². The van der Waals surface area contributed by atoms with E-state index in [9.17, 15) is 13.9 Å². The van der Waals surface area contributed by atoms with Gasteiger partial charge in [0.15, 0.2) is 0 Å². The zero-order valence-corrected chi connectivity index (χ0v) is 8.12. The third-order valence-electron chi connectivity index (χ3n) is 1.79. The van der Waals surface area contributed by atoms with E-state index in [0.717, 1.165) is 0 Å². The lowest BCUT2D eigenvalue weighted by Gasteiger charge is -2.10. The monoisotopic (exact) mass is 229 g/mol. The van der Waals surface area contributed by atoms with Gasteiger partial charge in [-0.3, -0.25) is 0 Å². The number of hydrogen-bond donors (Lipinski definition) is 1. The first-order valence-electron chi connectivity index (χ1n) is 4.37. The highest BCUT2D eigenvalue weighted by atomic mass is 19.3. The van der Waals surface area contributed by atoms with Crippen LogP contribution in [0.1, 0.15) is 11.7 Å². The average molecular weight is 229 g/mol. The zero-order valence-electron chi connectivity index (χ0n) is 8.12. The fourth-order valence-corrected chi connectivity index (χ4v) is 1.12. The van der Waals surface area contributed by atoms with Crippen LogP contribution in [-0.4, -0.2) is 18.3 Å². The normalized spacial score (nSPS) is 12.0. The summed E-state index contributed by atoms with van der Waals surface area (Å²) in [6, 6.07) is 5.60. The van der Waals surface area contributed by atoms with Crippen LogP contribution >= 0.6 is 0 Å². The van der Waals surface area contributed by atoms with E-state index in [1.807, 2.05) is 0 Å². The molecular weight excluding hydrogens is 220 g/mol. The van der Waals surface area contributed by atoms with Gasteiger partial charge >= 0.3 is 6.61 Å². The van der Waals surface area contributed by atoms with Gasteiger partial charge in [-0.05, 0) is 23.2 Å². The Balaban J connectivity index is 2.76. The van der Waals surface area contributed by atoms with Crippen molar-refractivity contribution in [2.24, 2.45) is 5.11 Å².